The summed E-state index contributed by atoms with van der Waals surface area (Å²) < 4.78 is 5.50. The number of allylic oxidation sites excluding steroid dienone is 1. The van der Waals surface area contributed by atoms with Crippen LogP contribution in [0.3, 0.4) is 0 Å². The number of carbonyl (C=O) groups is 3. The van der Waals surface area contributed by atoms with Crippen molar-refractivity contribution in [3.8, 4) is 0 Å². The average Bonchev–Trinajstić information content (AvgIpc) is 3.31. The molecule has 0 saturated heterocycles. The van der Waals surface area contributed by atoms with Gasteiger partial charge in [-0.2, -0.15) is 0 Å². The summed E-state index contributed by atoms with van der Waals surface area (Å²) in [5.41, 5.74) is 1.29. The summed E-state index contributed by atoms with van der Waals surface area (Å²) in [6.45, 7) is 3.80. The number of amides is 1. The minimum atomic E-state index is -0.495. The minimum Gasteiger partial charge on any atom is -0.463 e. The molecule has 1 aliphatic rings. The third-order valence-corrected chi connectivity index (χ3v) is 6.52. The Hall–Kier alpha value is -3.19. The lowest BCUT2D eigenvalue weighted by Crippen LogP contribution is -2.39. The fourth-order valence-electron chi connectivity index (χ4n) is 3.24. The third kappa shape index (κ3) is 5.95. The van der Waals surface area contributed by atoms with Gasteiger partial charge >= 0.3 is 5.97 Å². The lowest BCUT2D eigenvalue weighted by molar-refractivity contribution is -0.146. The van der Waals surface area contributed by atoms with Crippen molar-refractivity contribution in [1.82, 2.24) is 10.2 Å². The van der Waals surface area contributed by atoms with E-state index >= 15 is 0 Å². The number of nitrogens with zero attached hydrogens (tertiary/aromatic N) is 1. The second-order valence-electron chi connectivity index (χ2n) is 7.74. The van der Waals surface area contributed by atoms with Crippen LogP contribution in [0.15, 0.2) is 66.5 Å². The van der Waals surface area contributed by atoms with Gasteiger partial charge < -0.3 is 15.0 Å². The highest BCUT2D eigenvalue weighted by molar-refractivity contribution is 7.14. The number of rotatable bonds is 9. The van der Waals surface area contributed by atoms with Gasteiger partial charge in [0, 0.05) is 29.3 Å². The van der Waals surface area contributed by atoms with Crippen molar-refractivity contribution in [2.24, 2.45) is 0 Å². The number of ether oxygens (including phenoxy) is 1. The first kappa shape index (κ1) is 23.5. The monoisotopic (exact) mass is 452 g/mol. The molecule has 0 saturated carbocycles. The highest BCUT2D eigenvalue weighted by Gasteiger charge is 2.23. The summed E-state index contributed by atoms with van der Waals surface area (Å²) in [4.78, 5) is 40.9. The van der Waals surface area contributed by atoms with E-state index in [2.05, 4.69) is 5.32 Å². The SMILES string of the molecule is CCC(COC(=O)C(C)c1ccc(C(=O)c2ccccc2)s1)NC(=O)C1=CN(C)C=CC1. The van der Waals surface area contributed by atoms with E-state index in [1.807, 2.05) is 49.3 Å². The van der Waals surface area contributed by atoms with Gasteiger partial charge in [-0.1, -0.05) is 43.3 Å². The number of hydrogen-bond acceptors (Lipinski definition) is 6. The molecule has 1 aromatic heterocycles. The Labute approximate surface area is 192 Å². The number of nitrogens with one attached hydrogen (secondary N) is 1. The van der Waals surface area contributed by atoms with Crippen LogP contribution in [-0.4, -0.2) is 42.3 Å². The van der Waals surface area contributed by atoms with Crippen molar-refractivity contribution in [1.29, 1.82) is 0 Å². The highest BCUT2D eigenvalue weighted by Crippen LogP contribution is 2.27. The van der Waals surface area contributed by atoms with Gasteiger partial charge in [-0.05, 0) is 38.1 Å². The molecule has 1 aliphatic heterocycles. The Morgan fingerprint density at radius 2 is 1.91 bits per heavy atom. The molecule has 168 valence electrons. The van der Waals surface area contributed by atoms with Crippen molar-refractivity contribution in [3.63, 3.8) is 0 Å². The molecule has 6 nitrogen and oxygen atoms in total. The molecule has 0 radical (unpaired) electrons. The van der Waals surface area contributed by atoms with Crippen LogP contribution in [0.4, 0.5) is 0 Å². The summed E-state index contributed by atoms with van der Waals surface area (Å²) in [5.74, 6) is -1.09. The molecular weight excluding hydrogens is 424 g/mol. The van der Waals surface area contributed by atoms with Crippen LogP contribution in [0.1, 0.15) is 52.7 Å². The molecule has 1 N–H and O–H groups in total. The molecule has 3 rings (SSSR count). The quantitative estimate of drug-likeness (QED) is 0.455. The van der Waals surface area contributed by atoms with Gasteiger partial charge in [0.15, 0.2) is 0 Å². The van der Waals surface area contributed by atoms with Crippen LogP contribution < -0.4 is 5.32 Å². The lowest BCUT2D eigenvalue weighted by Gasteiger charge is -2.21. The van der Waals surface area contributed by atoms with Crippen molar-refractivity contribution in [2.45, 2.75) is 38.6 Å². The Morgan fingerprint density at radius 3 is 2.59 bits per heavy atom. The topological polar surface area (TPSA) is 75.7 Å². The number of hydrogen-bond donors (Lipinski definition) is 1. The zero-order chi connectivity index (χ0) is 23.1. The van der Waals surface area contributed by atoms with Crippen LogP contribution in [0, 0.1) is 0 Å². The van der Waals surface area contributed by atoms with E-state index in [1.54, 1.807) is 37.4 Å². The maximum Gasteiger partial charge on any atom is 0.314 e. The zero-order valence-corrected chi connectivity index (χ0v) is 19.4. The molecule has 0 fully saturated rings. The van der Waals surface area contributed by atoms with E-state index in [-0.39, 0.29) is 30.3 Å². The molecule has 0 aliphatic carbocycles. The van der Waals surface area contributed by atoms with Crippen LogP contribution in [0.2, 0.25) is 0 Å². The average molecular weight is 453 g/mol. The zero-order valence-electron chi connectivity index (χ0n) is 18.5. The van der Waals surface area contributed by atoms with Crippen LogP contribution >= 0.6 is 11.3 Å². The maximum atomic E-state index is 12.6. The van der Waals surface area contributed by atoms with Crippen molar-refractivity contribution in [2.75, 3.05) is 13.7 Å². The number of esters is 1. The summed E-state index contributed by atoms with van der Waals surface area (Å²) in [7, 11) is 1.87. The molecule has 7 heteroatoms. The van der Waals surface area contributed by atoms with E-state index in [4.69, 9.17) is 4.74 Å². The first-order chi connectivity index (χ1) is 15.4. The lowest BCUT2D eigenvalue weighted by atomic mass is 10.1. The largest absolute Gasteiger partial charge is 0.463 e. The predicted octanol–water partition coefficient (Wildman–Crippen LogP) is 4.25. The molecule has 1 aromatic carbocycles. The second-order valence-corrected chi connectivity index (χ2v) is 8.85. The number of carbonyl (C=O) groups excluding carboxylic acids is 3. The van der Waals surface area contributed by atoms with Gasteiger partial charge in [0.2, 0.25) is 11.7 Å². The second kappa shape index (κ2) is 10.9. The number of thiophene rings is 1. The number of ketones is 1. The minimum absolute atomic E-state index is 0.0614. The van der Waals surface area contributed by atoms with Gasteiger partial charge in [0.25, 0.3) is 0 Å². The fourth-order valence-corrected chi connectivity index (χ4v) is 4.25. The molecule has 0 bridgehead atoms. The Bertz CT molecular complexity index is 1030. The smallest absolute Gasteiger partial charge is 0.314 e. The van der Waals surface area contributed by atoms with E-state index in [9.17, 15) is 14.4 Å². The van der Waals surface area contributed by atoms with Crippen molar-refractivity contribution >= 4 is 29.0 Å². The van der Waals surface area contributed by atoms with Gasteiger partial charge in [-0.15, -0.1) is 11.3 Å². The standard InChI is InChI=1S/C25H28N2O4S/c1-4-20(26-24(29)19-11-8-14-27(3)15-19)16-31-25(30)17(2)21-12-13-22(32-21)23(28)18-9-6-5-7-10-18/h5-10,12-15,17,20H,4,11,16H2,1-3H3,(H,26,29). The van der Waals surface area contributed by atoms with Crippen molar-refractivity contribution < 1.29 is 19.1 Å². The molecule has 0 spiro atoms. The molecule has 2 atom stereocenters. The molecule has 1 amide bonds. The predicted molar refractivity (Wildman–Crippen MR) is 125 cm³/mol. The van der Waals surface area contributed by atoms with Gasteiger partial charge in [0.05, 0.1) is 16.8 Å². The van der Waals surface area contributed by atoms with E-state index in [0.29, 0.717) is 28.9 Å². The van der Waals surface area contributed by atoms with E-state index in [1.165, 1.54) is 11.3 Å². The van der Waals surface area contributed by atoms with E-state index < -0.39 is 5.92 Å². The molecule has 2 unspecified atom stereocenters. The molecule has 32 heavy (non-hydrogen) atoms. The van der Waals surface area contributed by atoms with Gasteiger partial charge in [-0.25, -0.2) is 0 Å². The van der Waals surface area contributed by atoms with Crippen LogP contribution in [-0.2, 0) is 14.3 Å². The normalized spacial score (nSPS) is 15.0. The Kier molecular flexibility index (Phi) is 8.00. The fraction of sp³-hybridized carbons (Fsp3) is 0.320. The van der Waals surface area contributed by atoms with Gasteiger partial charge in [-0.3, -0.25) is 14.4 Å². The maximum absolute atomic E-state index is 12.6. The Morgan fingerprint density at radius 1 is 1.16 bits per heavy atom. The summed E-state index contributed by atoms with van der Waals surface area (Å²) in [5, 5.41) is 2.94. The Balaban J connectivity index is 1.54. The van der Waals surface area contributed by atoms with Gasteiger partial charge in [0.1, 0.15) is 6.61 Å². The summed E-state index contributed by atoms with van der Waals surface area (Å²) in [6, 6.07) is 12.3. The molecule has 2 aromatic rings. The first-order valence-corrected chi connectivity index (χ1v) is 11.5. The third-order valence-electron chi connectivity index (χ3n) is 5.25. The van der Waals surface area contributed by atoms with E-state index in [0.717, 1.165) is 4.88 Å². The molecule has 2 heterocycles. The van der Waals surface area contributed by atoms with Crippen LogP contribution in [0.25, 0.3) is 0 Å². The summed E-state index contributed by atoms with van der Waals surface area (Å²) >= 11 is 1.30. The van der Waals surface area contributed by atoms with Crippen LogP contribution in [0.5, 0.6) is 0 Å². The van der Waals surface area contributed by atoms with Crippen molar-refractivity contribution in [3.05, 3.63) is 81.8 Å². The number of benzene rings is 1. The summed E-state index contributed by atoms with van der Waals surface area (Å²) in [6.07, 6.45) is 6.84. The molecular formula is C25H28N2O4S. The highest BCUT2D eigenvalue weighted by atomic mass is 32.1. The first-order valence-electron chi connectivity index (χ1n) is 10.6.